The number of nitrogens with one attached hydrogen (secondary N) is 1. The lowest BCUT2D eigenvalue weighted by Gasteiger charge is -2.08. The molecule has 4 aromatic rings. The maximum atomic E-state index is 12.8. The number of carbonyl (C=O) groups excluding carboxylic acids is 1. The molecule has 0 unspecified atom stereocenters. The van der Waals surface area contributed by atoms with Gasteiger partial charge in [-0.05, 0) is 84.1 Å². The summed E-state index contributed by atoms with van der Waals surface area (Å²) in [5.41, 5.74) is 4.33. The lowest BCUT2D eigenvalue weighted by atomic mass is 10.0. The maximum absolute atomic E-state index is 12.8. The number of hydrogen-bond acceptors (Lipinski definition) is 4. The number of imidazole rings is 1. The molecule has 0 aliphatic heterocycles. The van der Waals surface area contributed by atoms with Crippen molar-refractivity contribution < 1.29 is 13.7 Å². The number of nitrogens with zero attached hydrogens (tertiary/aromatic N) is 2. The first kappa shape index (κ1) is 29.3. The van der Waals surface area contributed by atoms with E-state index in [0.29, 0.717) is 28.0 Å². The summed E-state index contributed by atoms with van der Waals surface area (Å²) in [5, 5.41) is 3.40. The zero-order valence-corrected chi connectivity index (χ0v) is 24.4. The molecule has 0 saturated heterocycles. The van der Waals surface area contributed by atoms with Crippen LogP contribution >= 0.6 is 11.6 Å². The molecule has 1 atom stereocenters. The standard InChI is InChI=1S/C32H34ClN3O3S/c1-3-5-19-39-29-12-6-24(7-13-29)25-8-16-31(33)26(20-25)9-17-32(37)35-27-10-14-30(15-11-27)40(38)22-28-21-34-23-36(28)18-4-2/h6-17,20-21,23H,3-5,18-19,22H2,1-2H3,(H,35,37)/b17-9+/t40-/m1/s1. The van der Waals surface area contributed by atoms with Gasteiger partial charge in [0.1, 0.15) is 5.75 Å². The topological polar surface area (TPSA) is 73.2 Å². The number of aromatic nitrogens is 2. The van der Waals surface area contributed by atoms with Crippen LogP contribution in [0.5, 0.6) is 5.75 Å². The van der Waals surface area contributed by atoms with Crippen LogP contribution in [0.25, 0.3) is 17.2 Å². The van der Waals surface area contributed by atoms with E-state index in [0.717, 1.165) is 53.9 Å². The summed E-state index contributed by atoms with van der Waals surface area (Å²) in [6.45, 7) is 5.80. The van der Waals surface area contributed by atoms with Crippen molar-refractivity contribution >= 4 is 40.1 Å². The van der Waals surface area contributed by atoms with Crippen LogP contribution in [0.3, 0.4) is 0 Å². The summed E-state index contributed by atoms with van der Waals surface area (Å²) < 4.78 is 20.6. The Hall–Kier alpha value is -3.68. The van der Waals surface area contributed by atoms with Crippen molar-refractivity contribution in [3.05, 3.63) is 102 Å². The van der Waals surface area contributed by atoms with Crippen LogP contribution in [-0.4, -0.2) is 26.3 Å². The fraction of sp³-hybridized carbons (Fsp3) is 0.250. The largest absolute Gasteiger partial charge is 0.494 e. The van der Waals surface area contributed by atoms with Gasteiger partial charge in [-0.3, -0.25) is 9.00 Å². The Balaban J connectivity index is 1.35. The third kappa shape index (κ3) is 8.16. The van der Waals surface area contributed by atoms with Crippen LogP contribution in [0.1, 0.15) is 44.4 Å². The molecule has 0 aliphatic rings. The Bertz CT molecular complexity index is 1460. The van der Waals surface area contributed by atoms with E-state index in [4.69, 9.17) is 16.3 Å². The van der Waals surface area contributed by atoms with Gasteiger partial charge in [0, 0.05) is 34.4 Å². The molecular formula is C32H34ClN3O3S. The van der Waals surface area contributed by atoms with Crippen molar-refractivity contribution in [2.45, 2.75) is 50.3 Å². The summed E-state index contributed by atoms with van der Waals surface area (Å²) in [6, 6.07) is 20.8. The number of ether oxygens (including phenoxy) is 1. The minimum atomic E-state index is -1.21. The molecule has 0 bridgehead atoms. The molecule has 0 fully saturated rings. The molecule has 3 aromatic carbocycles. The van der Waals surface area contributed by atoms with Gasteiger partial charge in [-0.1, -0.05) is 50.1 Å². The third-order valence-electron chi connectivity index (χ3n) is 6.29. The number of amides is 1. The van der Waals surface area contributed by atoms with Crippen LogP contribution in [0, 0.1) is 0 Å². The average Bonchev–Trinajstić information content (AvgIpc) is 3.40. The smallest absolute Gasteiger partial charge is 0.248 e. The molecule has 40 heavy (non-hydrogen) atoms. The number of unbranched alkanes of at least 4 members (excludes halogenated alkanes) is 1. The first-order valence-corrected chi connectivity index (χ1v) is 15.2. The summed E-state index contributed by atoms with van der Waals surface area (Å²) in [6.07, 6.45) is 9.80. The number of rotatable bonds is 13. The van der Waals surface area contributed by atoms with E-state index >= 15 is 0 Å². The van der Waals surface area contributed by atoms with Gasteiger partial charge in [0.25, 0.3) is 0 Å². The van der Waals surface area contributed by atoms with Gasteiger partial charge in [0.15, 0.2) is 0 Å². The number of benzene rings is 3. The van der Waals surface area contributed by atoms with Gasteiger partial charge in [0.2, 0.25) is 5.91 Å². The summed E-state index contributed by atoms with van der Waals surface area (Å²) >= 11 is 6.41. The SMILES string of the molecule is CCCCOc1ccc(-c2ccc(Cl)c(/C=C/C(=O)Nc3ccc([S@](=O)Cc4cncn4CCC)cc3)c2)cc1. The molecule has 1 aromatic heterocycles. The Morgan fingerprint density at radius 1 is 1.02 bits per heavy atom. The molecule has 0 aliphatic carbocycles. The lowest BCUT2D eigenvalue weighted by molar-refractivity contribution is -0.111. The highest BCUT2D eigenvalue weighted by molar-refractivity contribution is 7.84. The van der Waals surface area contributed by atoms with Crippen molar-refractivity contribution in [2.75, 3.05) is 11.9 Å². The molecule has 0 saturated carbocycles. The molecule has 1 heterocycles. The fourth-order valence-electron chi connectivity index (χ4n) is 4.10. The van der Waals surface area contributed by atoms with Crippen LogP contribution in [0.2, 0.25) is 5.02 Å². The van der Waals surface area contributed by atoms with E-state index in [-0.39, 0.29) is 5.91 Å². The zero-order chi connectivity index (χ0) is 28.3. The number of hydrogen-bond donors (Lipinski definition) is 1. The molecule has 208 valence electrons. The molecule has 0 radical (unpaired) electrons. The Morgan fingerprint density at radius 3 is 2.50 bits per heavy atom. The van der Waals surface area contributed by atoms with Gasteiger partial charge in [0.05, 0.1) is 35.2 Å². The van der Waals surface area contributed by atoms with Crippen LogP contribution in [-0.2, 0) is 27.9 Å². The average molecular weight is 576 g/mol. The van der Waals surface area contributed by atoms with Crippen molar-refractivity contribution in [2.24, 2.45) is 0 Å². The molecule has 4 rings (SSSR count). The quantitative estimate of drug-likeness (QED) is 0.131. The molecule has 6 nitrogen and oxygen atoms in total. The highest BCUT2D eigenvalue weighted by Crippen LogP contribution is 2.28. The lowest BCUT2D eigenvalue weighted by Crippen LogP contribution is -2.08. The monoisotopic (exact) mass is 575 g/mol. The second kappa shape index (κ2) is 14.6. The number of aryl methyl sites for hydroxylation is 1. The Kier molecular flexibility index (Phi) is 10.7. The van der Waals surface area contributed by atoms with E-state index in [1.165, 1.54) is 6.08 Å². The Morgan fingerprint density at radius 2 is 1.77 bits per heavy atom. The zero-order valence-electron chi connectivity index (χ0n) is 22.8. The Labute approximate surface area is 243 Å². The molecule has 0 spiro atoms. The molecule has 1 N–H and O–H groups in total. The van der Waals surface area contributed by atoms with Crippen molar-refractivity contribution in [3.8, 4) is 16.9 Å². The fourth-order valence-corrected chi connectivity index (χ4v) is 5.39. The molecule has 8 heteroatoms. The number of carbonyl (C=O) groups is 1. The van der Waals surface area contributed by atoms with Crippen LogP contribution in [0.4, 0.5) is 5.69 Å². The second-order valence-electron chi connectivity index (χ2n) is 9.38. The van der Waals surface area contributed by atoms with E-state index in [2.05, 4.69) is 24.1 Å². The first-order valence-electron chi connectivity index (χ1n) is 13.5. The summed E-state index contributed by atoms with van der Waals surface area (Å²) in [7, 11) is -1.21. The minimum Gasteiger partial charge on any atom is -0.494 e. The van der Waals surface area contributed by atoms with E-state index in [9.17, 15) is 9.00 Å². The summed E-state index contributed by atoms with van der Waals surface area (Å²) in [4.78, 5) is 17.5. The van der Waals surface area contributed by atoms with Crippen molar-refractivity contribution in [3.63, 3.8) is 0 Å². The predicted molar refractivity (Wildman–Crippen MR) is 164 cm³/mol. The number of halogens is 1. The van der Waals surface area contributed by atoms with Gasteiger partial charge in [-0.25, -0.2) is 4.98 Å². The van der Waals surface area contributed by atoms with Crippen molar-refractivity contribution in [1.82, 2.24) is 9.55 Å². The second-order valence-corrected chi connectivity index (χ2v) is 11.2. The van der Waals surface area contributed by atoms with E-state index in [1.807, 2.05) is 47.0 Å². The van der Waals surface area contributed by atoms with Crippen molar-refractivity contribution in [1.29, 1.82) is 0 Å². The highest BCUT2D eigenvalue weighted by atomic mass is 35.5. The van der Waals surface area contributed by atoms with Crippen LogP contribution in [0.15, 0.2) is 90.2 Å². The highest BCUT2D eigenvalue weighted by Gasteiger charge is 2.10. The normalized spacial score (nSPS) is 12.0. The van der Waals surface area contributed by atoms with E-state index in [1.54, 1.807) is 42.9 Å². The van der Waals surface area contributed by atoms with Crippen LogP contribution < -0.4 is 10.1 Å². The van der Waals surface area contributed by atoms with Gasteiger partial charge in [-0.15, -0.1) is 0 Å². The molecular weight excluding hydrogens is 542 g/mol. The number of anilines is 1. The van der Waals surface area contributed by atoms with E-state index < -0.39 is 10.8 Å². The third-order valence-corrected chi connectivity index (χ3v) is 7.99. The summed E-state index contributed by atoms with van der Waals surface area (Å²) in [5.74, 6) is 0.958. The van der Waals surface area contributed by atoms with Gasteiger partial charge < -0.3 is 14.6 Å². The first-order chi connectivity index (χ1) is 19.5. The van der Waals surface area contributed by atoms with Gasteiger partial charge in [-0.2, -0.15) is 0 Å². The maximum Gasteiger partial charge on any atom is 0.248 e. The molecule has 1 amide bonds. The predicted octanol–water partition coefficient (Wildman–Crippen LogP) is 7.75. The minimum absolute atomic E-state index is 0.285. The van der Waals surface area contributed by atoms with Gasteiger partial charge >= 0.3 is 0 Å².